The minimum absolute atomic E-state index is 0.0104. The maximum atomic E-state index is 12.3. The van der Waals surface area contributed by atoms with Crippen molar-refractivity contribution in [3.63, 3.8) is 0 Å². The summed E-state index contributed by atoms with van der Waals surface area (Å²) in [5.41, 5.74) is -0.295. The van der Waals surface area contributed by atoms with Crippen molar-refractivity contribution < 1.29 is 4.79 Å². The van der Waals surface area contributed by atoms with Crippen LogP contribution in [0, 0.1) is 22.7 Å². The molecule has 2 unspecified atom stereocenters. The Bertz CT molecular complexity index is 649. The van der Waals surface area contributed by atoms with E-state index in [1.165, 1.54) is 38.5 Å². The largest absolute Gasteiger partial charge is 0.353 e. The Morgan fingerprint density at radius 3 is 1.79 bits per heavy atom. The van der Waals surface area contributed by atoms with Crippen LogP contribution in [0.25, 0.3) is 0 Å². The van der Waals surface area contributed by atoms with Gasteiger partial charge in [-0.05, 0) is 69.6 Å². The molecule has 0 aliphatic carbocycles. The second-order valence-corrected chi connectivity index (χ2v) is 10.9. The van der Waals surface area contributed by atoms with Crippen molar-refractivity contribution >= 4 is 13.7 Å². The maximum absolute atomic E-state index is 12.3. The fourth-order valence-electron chi connectivity index (χ4n) is 6.53. The number of rotatable bonds is 16. The van der Waals surface area contributed by atoms with Gasteiger partial charge in [0.15, 0.2) is 5.81 Å². The minimum Gasteiger partial charge on any atom is -0.353 e. The predicted molar refractivity (Wildman–Crippen MR) is 152 cm³/mol. The number of amides is 1. The summed E-state index contributed by atoms with van der Waals surface area (Å²) in [5.74, 6) is 0.813. The summed E-state index contributed by atoms with van der Waals surface area (Å²) in [7, 11) is 1.63. The Labute approximate surface area is 207 Å². The zero-order valence-electron chi connectivity index (χ0n) is 23.6. The van der Waals surface area contributed by atoms with Gasteiger partial charge >= 0.3 is 0 Å². The highest BCUT2D eigenvalue weighted by atomic mass is 16.1. The van der Waals surface area contributed by atoms with E-state index in [2.05, 4.69) is 102 Å². The number of hydrogen-bond acceptors (Lipinski definition) is 1. The Morgan fingerprint density at radius 1 is 0.848 bits per heavy atom. The van der Waals surface area contributed by atoms with Gasteiger partial charge in [0.1, 0.15) is 0 Å². The van der Waals surface area contributed by atoms with Gasteiger partial charge in [0, 0.05) is 0 Å². The first-order valence-corrected chi connectivity index (χ1v) is 13.3. The fourth-order valence-corrected chi connectivity index (χ4v) is 6.53. The molecule has 0 fully saturated rings. The van der Waals surface area contributed by atoms with E-state index in [0.717, 1.165) is 6.42 Å². The van der Waals surface area contributed by atoms with Crippen LogP contribution in [0.1, 0.15) is 107 Å². The van der Waals surface area contributed by atoms with Gasteiger partial charge in [-0.15, -0.1) is 0 Å². The third-order valence-electron chi connectivity index (χ3n) is 7.06. The first kappa shape index (κ1) is 31.5. The molecule has 0 saturated carbocycles. The number of nitrogens with one attached hydrogen (secondary N) is 1. The average Bonchev–Trinajstić information content (AvgIpc) is 2.68. The second-order valence-electron chi connectivity index (χ2n) is 10.9. The van der Waals surface area contributed by atoms with Gasteiger partial charge in [-0.3, -0.25) is 4.79 Å². The highest BCUT2D eigenvalue weighted by molar-refractivity contribution is 6.57. The molecule has 0 spiro atoms. The van der Waals surface area contributed by atoms with Crippen LogP contribution >= 0.6 is 0 Å². The first-order valence-electron chi connectivity index (χ1n) is 13.3. The molecule has 2 nitrogen and oxygen atoms in total. The van der Waals surface area contributed by atoms with Crippen molar-refractivity contribution in [1.29, 1.82) is 0 Å². The topological polar surface area (TPSA) is 29.1 Å². The van der Waals surface area contributed by atoms with E-state index in [-0.39, 0.29) is 16.6 Å². The molecule has 3 heteroatoms. The van der Waals surface area contributed by atoms with Crippen LogP contribution < -0.4 is 5.32 Å². The van der Waals surface area contributed by atoms with Gasteiger partial charge in [0.05, 0.1) is 5.54 Å². The van der Waals surface area contributed by atoms with Crippen LogP contribution in [-0.2, 0) is 0 Å². The van der Waals surface area contributed by atoms with E-state index in [4.69, 9.17) is 0 Å². The maximum Gasteiger partial charge on any atom is 0.215 e. The smallest absolute Gasteiger partial charge is 0.215 e. The van der Waals surface area contributed by atoms with Gasteiger partial charge in [-0.25, -0.2) is 0 Å². The molecule has 1 amide bonds. The summed E-state index contributed by atoms with van der Waals surface area (Å²) in [6, 6.07) is 0. The van der Waals surface area contributed by atoms with Gasteiger partial charge < -0.3 is 5.32 Å². The van der Waals surface area contributed by atoms with Crippen molar-refractivity contribution in [3.8, 4) is 0 Å². The van der Waals surface area contributed by atoms with Crippen LogP contribution in [-0.4, -0.2) is 19.2 Å². The van der Waals surface area contributed by atoms with Crippen molar-refractivity contribution in [2.75, 3.05) is 0 Å². The summed E-state index contributed by atoms with van der Waals surface area (Å²) in [6.45, 7) is 20.3. The third-order valence-corrected chi connectivity index (χ3v) is 7.06. The molecule has 1 N–H and O–H groups in total. The molecule has 0 saturated heterocycles. The van der Waals surface area contributed by atoms with Crippen molar-refractivity contribution in [2.24, 2.45) is 22.7 Å². The molecular formula is C30H54BNO. The zero-order chi connectivity index (χ0) is 25.5. The van der Waals surface area contributed by atoms with Crippen molar-refractivity contribution in [2.45, 2.75) is 113 Å². The summed E-state index contributed by atoms with van der Waals surface area (Å²) in [5, 5.41) is 3.30. The van der Waals surface area contributed by atoms with E-state index in [0.29, 0.717) is 11.8 Å². The highest BCUT2D eigenvalue weighted by Gasteiger charge is 2.48. The van der Waals surface area contributed by atoms with Crippen LogP contribution in [0.2, 0.25) is 0 Å². The lowest BCUT2D eigenvalue weighted by Gasteiger charge is -2.52. The second kappa shape index (κ2) is 15.4. The Morgan fingerprint density at radius 2 is 1.39 bits per heavy atom. The van der Waals surface area contributed by atoms with E-state index >= 15 is 0 Å². The Hall–Kier alpha value is -1.51. The van der Waals surface area contributed by atoms with Gasteiger partial charge in [-0.2, -0.15) is 0 Å². The molecule has 0 aromatic carbocycles. The number of carbonyl (C=O) groups is 1. The normalized spacial score (nSPS) is 18.7. The predicted octanol–water partition coefficient (Wildman–Crippen LogP) is 8.41. The molecule has 0 aliphatic heterocycles. The average molecular weight is 456 g/mol. The summed E-state index contributed by atoms with van der Waals surface area (Å²) < 4.78 is 0. The minimum atomic E-state index is -0.482. The monoisotopic (exact) mass is 455 g/mol. The zero-order valence-corrected chi connectivity index (χ0v) is 23.6. The number of allylic oxidation sites excluding steroid dienone is 6. The Balaban J connectivity index is 6.78. The van der Waals surface area contributed by atoms with E-state index < -0.39 is 5.54 Å². The molecule has 0 heterocycles. The quantitative estimate of drug-likeness (QED) is 0.141. The third kappa shape index (κ3) is 10.1. The lowest BCUT2D eigenvalue weighted by atomic mass is 9.53. The molecule has 0 aromatic rings. The summed E-state index contributed by atoms with van der Waals surface area (Å²) >= 11 is 0. The molecule has 188 valence electrons. The highest BCUT2D eigenvalue weighted by Crippen LogP contribution is 2.54. The van der Waals surface area contributed by atoms with Gasteiger partial charge in [0.25, 0.3) is 0 Å². The summed E-state index contributed by atoms with van der Waals surface area (Å²) in [4.78, 5) is 12.3. The van der Waals surface area contributed by atoms with E-state index in [1.807, 2.05) is 13.8 Å². The van der Waals surface area contributed by atoms with Crippen LogP contribution in [0.15, 0.2) is 48.6 Å². The standard InChI is InChI=1S/C30H54BNO/c1-10-16-17-23-29(9,20-13-4)26(25(18-11-2)19-12-3)28(7,8)24-30(21-14-5,22-15-6)32-27(31)33/h11-12,14-15,18-19,21-22,25-26H,10,13,16-17,20,23-24,31H2,1-9H3,(H,32,33). The van der Waals surface area contributed by atoms with Gasteiger partial charge in [0.2, 0.25) is 7.85 Å². The molecule has 33 heavy (non-hydrogen) atoms. The number of carbonyl (C=O) groups excluding carboxylic acids is 1. The van der Waals surface area contributed by atoms with E-state index in [1.54, 1.807) is 7.85 Å². The lowest BCUT2D eigenvalue weighted by molar-refractivity contribution is 0.00647. The molecule has 0 aromatic heterocycles. The van der Waals surface area contributed by atoms with Crippen LogP contribution in [0.4, 0.5) is 4.79 Å². The summed E-state index contributed by atoms with van der Waals surface area (Å²) in [6.07, 6.45) is 26.0. The SMILES string of the molecule is BC(=O)NC(C=CC)(C=CC)CC(C)(C)C(C(C=CC)C=CC)C(C)(CCC)CCCCC. The Kier molecular flexibility index (Phi) is 14.7. The molecule has 0 rings (SSSR count). The van der Waals surface area contributed by atoms with E-state index in [9.17, 15) is 4.79 Å². The first-order chi connectivity index (χ1) is 15.5. The van der Waals surface area contributed by atoms with Crippen molar-refractivity contribution in [3.05, 3.63) is 48.6 Å². The van der Waals surface area contributed by atoms with Crippen LogP contribution in [0.5, 0.6) is 0 Å². The van der Waals surface area contributed by atoms with Crippen molar-refractivity contribution in [1.82, 2.24) is 5.32 Å². The molecule has 2 atom stereocenters. The van der Waals surface area contributed by atoms with Gasteiger partial charge in [-0.1, -0.05) is 109 Å². The van der Waals surface area contributed by atoms with Crippen LogP contribution in [0.3, 0.4) is 0 Å². The molecule has 0 bridgehead atoms. The molecule has 0 radical (unpaired) electrons. The lowest BCUT2D eigenvalue weighted by Crippen LogP contribution is -2.52. The molecule has 0 aliphatic rings. The molecular weight excluding hydrogens is 401 g/mol. The fraction of sp³-hybridized carbons (Fsp3) is 0.700. The number of hydrogen-bond donors (Lipinski definition) is 1. The number of unbranched alkanes of at least 4 members (excludes halogenated alkanes) is 2.